The second kappa shape index (κ2) is 17.4. The van der Waals surface area contributed by atoms with Crippen molar-refractivity contribution in [2.45, 2.75) is 116 Å². The largest absolute Gasteiger partial charge is 0.344 e. The van der Waals surface area contributed by atoms with E-state index < -0.39 is 12.1 Å². The smallest absolute Gasteiger partial charge is 0.245 e. The molecule has 0 bridgehead atoms. The highest BCUT2D eigenvalue weighted by Gasteiger charge is 2.40. The van der Waals surface area contributed by atoms with Gasteiger partial charge in [0.2, 0.25) is 23.6 Å². The fourth-order valence-electron chi connectivity index (χ4n) is 8.43. The van der Waals surface area contributed by atoms with Gasteiger partial charge in [0.25, 0.3) is 0 Å². The number of aromatic nitrogens is 2. The highest BCUT2D eigenvalue weighted by Crippen LogP contribution is 2.41. The molecule has 8 rings (SSSR count). The number of nitrogens with zero attached hydrogens (tertiary/aromatic N) is 4. The van der Waals surface area contributed by atoms with Crippen molar-refractivity contribution in [2.75, 3.05) is 13.1 Å². The summed E-state index contributed by atoms with van der Waals surface area (Å²) in [6.45, 7) is 9.75. The summed E-state index contributed by atoms with van der Waals surface area (Å²) in [4.78, 5) is 68.6. The van der Waals surface area contributed by atoms with Crippen LogP contribution in [0.25, 0.3) is 32.0 Å². The first-order chi connectivity index (χ1) is 28.0. The van der Waals surface area contributed by atoms with Crippen molar-refractivity contribution in [3.63, 3.8) is 0 Å². The molecule has 58 heavy (non-hydrogen) atoms. The molecule has 4 amide bonds. The number of nitrogens with one attached hydrogen (secondary N) is 2. The Bertz CT molecular complexity index is 1950. The van der Waals surface area contributed by atoms with Crippen LogP contribution in [0.4, 0.5) is 0 Å². The van der Waals surface area contributed by atoms with Crippen LogP contribution in [0.3, 0.4) is 0 Å². The zero-order valence-corrected chi connectivity index (χ0v) is 35.7. The predicted octanol–water partition coefficient (Wildman–Crippen LogP) is 8.81. The number of likely N-dealkylation sites (tertiary alicyclic amines) is 2. The minimum absolute atomic E-state index is 0.0160. The molecule has 306 valence electrons. The number of amides is 4. The molecule has 4 fully saturated rings. The quantitative estimate of drug-likeness (QED) is 0.124. The van der Waals surface area contributed by atoms with E-state index in [-0.39, 0.29) is 47.5 Å². The van der Waals surface area contributed by atoms with E-state index in [0.29, 0.717) is 37.8 Å². The summed E-state index contributed by atoms with van der Waals surface area (Å²) in [5.74, 6) is 0.794. The molecule has 4 atom stereocenters. The van der Waals surface area contributed by atoms with Gasteiger partial charge in [0.1, 0.15) is 22.1 Å². The van der Waals surface area contributed by atoms with E-state index in [0.717, 1.165) is 93.4 Å². The highest BCUT2D eigenvalue weighted by molar-refractivity contribution is 7.15. The van der Waals surface area contributed by atoms with Gasteiger partial charge >= 0.3 is 0 Å². The first kappa shape index (κ1) is 40.4. The van der Waals surface area contributed by atoms with Gasteiger partial charge in [0, 0.05) is 37.3 Å². The third kappa shape index (κ3) is 9.23. The Hall–Kier alpha value is -4.42. The summed E-state index contributed by atoms with van der Waals surface area (Å²) in [5.41, 5.74) is 4.41. The molecular weight excluding hydrogens is 765 g/mol. The van der Waals surface area contributed by atoms with Crippen LogP contribution >= 0.6 is 22.7 Å². The monoisotopic (exact) mass is 820 g/mol. The lowest BCUT2D eigenvalue weighted by Gasteiger charge is -2.29. The van der Waals surface area contributed by atoms with Crippen LogP contribution in [0, 0.1) is 23.7 Å². The van der Waals surface area contributed by atoms with Gasteiger partial charge in [-0.05, 0) is 98.3 Å². The molecule has 2 aliphatic heterocycles. The first-order valence-corrected chi connectivity index (χ1v) is 23.0. The van der Waals surface area contributed by atoms with Gasteiger partial charge in [0.05, 0.1) is 21.8 Å². The maximum Gasteiger partial charge on any atom is 0.245 e. The molecule has 2 aliphatic carbocycles. The number of thiazole rings is 2. The number of benzene rings is 2. The van der Waals surface area contributed by atoms with Crippen LogP contribution in [0.5, 0.6) is 0 Å². The van der Waals surface area contributed by atoms with E-state index in [9.17, 15) is 19.2 Å². The minimum Gasteiger partial charge on any atom is -0.344 e. The fraction of sp³-hybridized carbons (Fsp3) is 0.522. The Kier molecular flexibility index (Phi) is 12.1. The minimum atomic E-state index is -0.490. The molecule has 10 nitrogen and oxygen atoms in total. The van der Waals surface area contributed by atoms with Gasteiger partial charge in [-0.3, -0.25) is 19.2 Å². The molecule has 2 saturated carbocycles. The first-order valence-electron chi connectivity index (χ1n) is 21.4. The maximum atomic E-state index is 13.8. The van der Waals surface area contributed by atoms with Gasteiger partial charge in [-0.2, -0.15) is 0 Å². The van der Waals surface area contributed by atoms with Crippen LogP contribution < -0.4 is 10.6 Å². The lowest BCUT2D eigenvalue weighted by molar-refractivity contribution is -0.138. The Morgan fingerprint density at radius 1 is 0.586 bits per heavy atom. The van der Waals surface area contributed by atoms with Crippen LogP contribution in [-0.4, -0.2) is 68.6 Å². The summed E-state index contributed by atoms with van der Waals surface area (Å²) < 4.78 is 0. The molecule has 0 radical (unpaired) electrons. The fourth-order valence-corrected chi connectivity index (χ4v) is 10.6. The van der Waals surface area contributed by atoms with Crippen LogP contribution in [0.1, 0.15) is 114 Å². The van der Waals surface area contributed by atoms with E-state index in [1.165, 1.54) is 0 Å². The van der Waals surface area contributed by atoms with Crippen molar-refractivity contribution in [1.82, 2.24) is 30.4 Å². The molecule has 0 spiro atoms. The third-order valence-corrected chi connectivity index (χ3v) is 14.2. The molecule has 12 heteroatoms. The van der Waals surface area contributed by atoms with Crippen molar-refractivity contribution in [3.05, 3.63) is 70.9 Å². The van der Waals surface area contributed by atoms with E-state index in [4.69, 9.17) is 9.97 Å². The average Bonchev–Trinajstić information content (AvgIpc) is 3.97. The van der Waals surface area contributed by atoms with Crippen LogP contribution in [-0.2, 0) is 19.2 Å². The Labute approximate surface area is 350 Å². The molecule has 4 aliphatic rings. The molecule has 2 saturated heterocycles. The lowest BCUT2D eigenvalue weighted by Crippen LogP contribution is -2.49. The summed E-state index contributed by atoms with van der Waals surface area (Å²) >= 11 is 3.29. The van der Waals surface area contributed by atoms with Gasteiger partial charge in [-0.1, -0.05) is 76.2 Å². The number of hydrogen-bond donors (Lipinski definition) is 2. The molecular formula is C46H56N6O4S2. The zero-order chi connectivity index (χ0) is 40.5. The molecule has 4 heterocycles. The normalized spacial score (nSPS) is 20.4. The van der Waals surface area contributed by atoms with Crippen LogP contribution in [0.15, 0.2) is 60.9 Å². The number of carbonyl (C=O) groups excluding carboxylic acids is 4. The lowest BCUT2D eigenvalue weighted by atomic mass is 10.0. The van der Waals surface area contributed by atoms with Crippen molar-refractivity contribution < 1.29 is 19.2 Å². The van der Waals surface area contributed by atoms with Crippen molar-refractivity contribution in [3.8, 4) is 32.0 Å². The summed E-state index contributed by atoms with van der Waals surface area (Å²) in [7, 11) is 0. The molecule has 4 aromatic rings. The van der Waals surface area contributed by atoms with Gasteiger partial charge in [-0.25, -0.2) is 9.97 Å². The number of carbonyl (C=O) groups is 4. The van der Waals surface area contributed by atoms with Crippen molar-refractivity contribution in [2.24, 2.45) is 23.7 Å². The zero-order valence-electron chi connectivity index (χ0n) is 34.1. The van der Waals surface area contributed by atoms with Gasteiger partial charge in [0.15, 0.2) is 0 Å². The maximum absolute atomic E-state index is 13.8. The van der Waals surface area contributed by atoms with Crippen molar-refractivity contribution >= 4 is 46.3 Å². The Morgan fingerprint density at radius 3 is 1.29 bits per heavy atom. The summed E-state index contributed by atoms with van der Waals surface area (Å²) in [6, 6.07) is 16.0. The topological polar surface area (TPSA) is 125 Å². The molecule has 2 N–H and O–H groups in total. The average molecular weight is 821 g/mol. The van der Waals surface area contributed by atoms with Gasteiger partial charge < -0.3 is 20.4 Å². The SMILES string of the molecule is CC(C)C[C@@H](NC(=O)C1CC1)C(=O)N1CCC[C@H]1c1ncc(-c2ccc(-c3ccc(-c4cnc([C@@H]5CCCN5C(=O)[C@@H](CC(C)C)NC(=O)C5CC5)s4)cc3)cc2)s1. The predicted molar refractivity (Wildman–Crippen MR) is 230 cm³/mol. The van der Waals surface area contributed by atoms with E-state index in [1.54, 1.807) is 22.7 Å². The summed E-state index contributed by atoms with van der Waals surface area (Å²) in [6.07, 6.45) is 12.4. The molecule has 2 aromatic heterocycles. The van der Waals surface area contributed by atoms with Gasteiger partial charge in [-0.15, -0.1) is 22.7 Å². The summed E-state index contributed by atoms with van der Waals surface area (Å²) in [5, 5.41) is 8.06. The van der Waals surface area contributed by atoms with E-state index >= 15 is 0 Å². The van der Waals surface area contributed by atoms with Crippen molar-refractivity contribution in [1.29, 1.82) is 0 Å². The number of hydrogen-bond acceptors (Lipinski definition) is 8. The van der Waals surface area contributed by atoms with E-state index in [2.05, 4.69) is 86.9 Å². The standard InChI is InChI=1S/C46H56N6O4S2/c1-27(2)23-35(49-41(53)33-17-18-33)45(55)51-21-5-7-37(51)43-47-25-39(57-43)31-13-9-29(10-14-31)30-11-15-32(16-12-30)40-26-48-44(58-40)38-8-6-22-52(38)46(56)36(24-28(3)4)50-42(54)34-19-20-34/h9-16,25-28,33-38H,5-8,17-24H2,1-4H3,(H,49,53)(H,50,54)/t35-,36-,37+,38+/m1/s1. The second-order valence-electron chi connectivity index (χ2n) is 17.6. The highest BCUT2D eigenvalue weighted by atomic mass is 32.1. The van der Waals surface area contributed by atoms with Crippen LogP contribution in [0.2, 0.25) is 0 Å². The molecule has 0 unspecified atom stereocenters. The van der Waals surface area contributed by atoms with E-state index in [1.807, 2.05) is 22.2 Å². The molecule has 2 aromatic carbocycles. The number of rotatable bonds is 15. The Balaban J connectivity index is 0.903. The Morgan fingerprint density at radius 2 is 0.948 bits per heavy atom. The second-order valence-corrected chi connectivity index (χ2v) is 19.7. The third-order valence-electron chi connectivity index (χ3n) is 11.9.